The van der Waals surface area contributed by atoms with E-state index in [9.17, 15) is 9.59 Å². The fourth-order valence-electron chi connectivity index (χ4n) is 2.29. The number of amides is 1. The molecule has 5 heteroatoms. The molecule has 0 fully saturated rings. The normalized spacial score (nSPS) is 11.7. The molecule has 0 heterocycles. The minimum atomic E-state index is -0.965. The molecule has 120 valence electrons. The lowest BCUT2D eigenvalue weighted by atomic mass is 10.0. The monoisotopic (exact) mass is 331 g/mol. The summed E-state index contributed by atoms with van der Waals surface area (Å²) in [5.41, 5.74) is 1.80. The molecule has 1 atom stereocenters. The highest BCUT2D eigenvalue weighted by Crippen LogP contribution is 2.20. The van der Waals surface area contributed by atoms with Crippen molar-refractivity contribution in [2.45, 2.75) is 25.3 Å². The fourth-order valence-corrected chi connectivity index (χ4v) is 2.42. The van der Waals surface area contributed by atoms with E-state index < -0.39 is 12.0 Å². The van der Waals surface area contributed by atoms with Crippen LogP contribution in [0.25, 0.3) is 0 Å². The molecule has 0 saturated carbocycles. The lowest BCUT2D eigenvalue weighted by molar-refractivity contribution is -0.137. The smallest absolute Gasteiger partial charge is 0.305 e. The number of carbonyl (C=O) groups excluding carboxylic acids is 1. The van der Waals surface area contributed by atoms with E-state index in [1.165, 1.54) is 0 Å². The van der Waals surface area contributed by atoms with Gasteiger partial charge in [0.05, 0.1) is 12.5 Å². The van der Waals surface area contributed by atoms with Gasteiger partial charge in [-0.1, -0.05) is 54.1 Å². The van der Waals surface area contributed by atoms with Gasteiger partial charge in [-0.3, -0.25) is 9.59 Å². The topological polar surface area (TPSA) is 66.4 Å². The molecule has 0 unspecified atom stereocenters. The van der Waals surface area contributed by atoms with Gasteiger partial charge in [-0.15, -0.1) is 0 Å². The van der Waals surface area contributed by atoms with Crippen LogP contribution in [0.4, 0.5) is 0 Å². The Morgan fingerprint density at radius 1 is 1.04 bits per heavy atom. The number of hydrogen-bond donors (Lipinski definition) is 2. The van der Waals surface area contributed by atoms with Gasteiger partial charge in [0.2, 0.25) is 5.91 Å². The first-order chi connectivity index (χ1) is 11.0. The molecule has 2 N–H and O–H groups in total. The Kier molecular flexibility index (Phi) is 6.18. The van der Waals surface area contributed by atoms with Crippen molar-refractivity contribution in [1.82, 2.24) is 5.32 Å². The van der Waals surface area contributed by atoms with Gasteiger partial charge >= 0.3 is 5.97 Å². The predicted octanol–water partition coefficient (Wildman–Crippen LogP) is 3.60. The highest BCUT2D eigenvalue weighted by Gasteiger charge is 2.18. The summed E-state index contributed by atoms with van der Waals surface area (Å²) >= 11 is 5.84. The molecular weight excluding hydrogens is 314 g/mol. The summed E-state index contributed by atoms with van der Waals surface area (Å²) in [6.45, 7) is 0. The van der Waals surface area contributed by atoms with Crippen LogP contribution in [0.2, 0.25) is 5.02 Å². The van der Waals surface area contributed by atoms with Crippen LogP contribution >= 0.6 is 11.6 Å². The number of aliphatic carboxylic acids is 1. The van der Waals surface area contributed by atoms with Crippen molar-refractivity contribution in [3.63, 3.8) is 0 Å². The SMILES string of the molecule is O=C(O)C[C@@H](NC(=O)CCc1ccccc1)c1ccc(Cl)cc1. The van der Waals surface area contributed by atoms with Gasteiger partial charge in [-0.2, -0.15) is 0 Å². The molecule has 2 aromatic rings. The lowest BCUT2D eigenvalue weighted by Crippen LogP contribution is -2.30. The number of hydrogen-bond acceptors (Lipinski definition) is 2. The Labute approximate surface area is 140 Å². The second kappa shape index (κ2) is 8.34. The highest BCUT2D eigenvalue weighted by atomic mass is 35.5. The number of rotatable bonds is 7. The Morgan fingerprint density at radius 2 is 1.70 bits per heavy atom. The molecule has 0 spiro atoms. The number of carboxylic acid groups (broad SMARTS) is 1. The summed E-state index contributed by atoms with van der Waals surface area (Å²) in [4.78, 5) is 23.2. The zero-order valence-corrected chi connectivity index (χ0v) is 13.3. The maximum atomic E-state index is 12.1. The molecule has 2 rings (SSSR count). The average Bonchev–Trinajstić information content (AvgIpc) is 2.53. The van der Waals surface area contributed by atoms with Crippen molar-refractivity contribution < 1.29 is 14.7 Å². The van der Waals surface area contributed by atoms with E-state index in [0.717, 1.165) is 11.1 Å². The Morgan fingerprint density at radius 3 is 2.30 bits per heavy atom. The molecule has 2 aromatic carbocycles. The van der Waals surface area contributed by atoms with Crippen molar-refractivity contribution in [2.24, 2.45) is 0 Å². The maximum absolute atomic E-state index is 12.1. The lowest BCUT2D eigenvalue weighted by Gasteiger charge is -2.17. The van der Waals surface area contributed by atoms with E-state index in [-0.39, 0.29) is 12.3 Å². The number of nitrogens with one attached hydrogen (secondary N) is 1. The summed E-state index contributed by atoms with van der Waals surface area (Å²) in [6, 6.07) is 16.0. The second-order valence-corrected chi connectivity index (χ2v) is 5.69. The molecular formula is C18H18ClNO3. The van der Waals surface area contributed by atoms with E-state index in [2.05, 4.69) is 5.32 Å². The summed E-state index contributed by atoms with van der Waals surface area (Å²) in [7, 11) is 0. The van der Waals surface area contributed by atoms with Gasteiger partial charge in [0.25, 0.3) is 0 Å². The molecule has 23 heavy (non-hydrogen) atoms. The zero-order valence-electron chi connectivity index (χ0n) is 12.5. The first-order valence-electron chi connectivity index (χ1n) is 7.35. The minimum absolute atomic E-state index is 0.168. The molecule has 0 bridgehead atoms. The molecule has 0 aliphatic rings. The van der Waals surface area contributed by atoms with E-state index in [1.807, 2.05) is 30.3 Å². The van der Waals surface area contributed by atoms with Crippen LogP contribution in [-0.4, -0.2) is 17.0 Å². The Bertz CT molecular complexity index is 656. The van der Waals surface area contributed by atoms with Crippen LogP contribution in [0.3, 0.4) is 0 Å². The number of aryl methyl sites for hydroxylation is 1. The maximum Gasteiger partial charge on any atom is 0.305 e. The van der Waals surface area contributed by atoms with Crippen LogP contribution in [0.5, 0.6) is 0 Å². The fraction of sp³-hybridized carbons (Fsp3) is 0.222. The predicted molar refractivity (Wildman–Crippen MR) is 89.4 cm³/mol. The highest BCUT2D eigenvalue weighted by molar-refractivity contribution is 6.30. The van der Waals surface area contributed by atoms with E-state index in [1.54, 1.807) is 24.3 Å². The summed E-state index contributed by atoms with van der Waals surface area (Å²) in [5, 5.41) is 12.4. The summed E-state index contributed by atoms with van der Waals surface area (Å²) in [6.07, 6.45) is 0.763. The third-order valence-electron chi connectivity index (χ3n) is 3.47. The third-order valence-corrected chi connectivity index (χ3v) is 3.72. The first kappa shape index (κ1) is 17.0. The van der Waals surface area contributed by atoms with Crippen LogP contribution in [0.15, 0.2) is 54.6 Å². The molecule has 0 aliphatic carbocycles. The van der Waals surface area contributed by atoms with Crippen LogP contribution < -0.4 is 5.32 Å². The quantitative estimate of drug-likeness (QED) is 0.814. The van der Waals surface area contributed by atoms with Crippen LogP contribution in [0, 0.1) is 0 Å². The van der Waals surface area contributed by atoms with Gasteiger partial charge in [0, 0.05) is 11.4 Å². The number of halogens is 1. The van der Waals surface area contributed by atoms with E-state index in [0.29, 0.717) is 17.9 Å². The molecule has 0 radical (unpaired) electrons. The standard InChI is InChI=1S/C18H18ClNO3/c19-15-9-7-14(8-10-15)16(12-18(22)23)20-17(21)11-6-13-4-2-1-3-5-13/h1-5,7-10,16H,6,11-12H2,(H,20,21)(H,22,23)/t16-/m1/s1. The molecule has 0 aromatic heterocycles. The number of carboxylic acids is 1. The molecule has 4 nitrogen and oxygen atoms in total. The van der Waals surface area contributed by atoms with Gasteiger partial charge in [0.15, 0.2) is 0 Å². The molecule has 0 saturated heterocycles. The largest absolute Gasteiger partial charge is 0.481 e. The van der Waals surface area contributed by atoms with Crippen molar-refractivity contribution in [2.75, 3.05) is 0 Å². The molecule has 0 aliphatic heterocycles. The Balaban J connectivity index is 1.98. The Hall–Kier alpha value is -2.33. The van der Waals surface area contributed by atoms with E-state index >= 15 is 0 Å². The third kappa shape index (κ3) is 5.75. The van der Waals surface area contributed by atoms with Crippen LogP contribution in [0.1, 0.15) is 30.0 Å². The number of benzene rings is 2. The van der Waals surface area contributed by atoms with Gasteiger partial charge in [-0.25, -0.2) is 0 Å². The van der Waals surface area contributed by atoms with E-state index in [4.69, 9.17) is 16.7 Å². The zero-order chi connectivity index (χ0) is 16.7. The van der Waals surface area contributed by atoms with Gasteiger partial charge < -0.3 is 10.4 Å². The van der Waals surface area contributed by atoms with Gasteiger partial charge in [0.1, 0.15) is 0 Å². The second-order valence-electron chi connectivity index (χ2n) is 5.26. The molecule has 1 amide bonds. The first-order valence-corrected chi connectivity index (χ1v) is 7.73. The minimum Gasteiger partial charge on any atom is -0.481 e. The van der Waals surface area contributed by atoms with Crippen molar-refractivity contribution in [1.29, 1.82) is 0 Å². The van der Waals surface area contributed by atoms with Crippen LogP contribution in [-0.2, 0) is 16.0 Å². The number of carbonyl (C=O) groups is 2. The van der Waals surface area contributed by atoms with Gasteiger partial charge in [-0.05, 0) is 29.7 Å². The van der Waals surface area contributed by atoms with Crippen molar-refractivity contribution in [3.05, 3.63) is 70.7 Å². The van der Waals surface area contributed by atoms with Crippen molar-refractivity contribution >= 4 is 23.5 Å². The average molecular weight is 332 g/mol. The van der Waals surface area contributed by atoms with Crippen molar-refractivity contribution in [3.8, 4) is 0 Å². The summed E-state index contributed by atoms with van der Waals surface area (Å²) in [5.74, 6) is -1.14. The summed E-state index contributed by atoms with van der Waals surface area (Å²) < 4.78 is 0.